The summed E-state index contributed by atoms with van der Waals surface area (Å²) in [5.41, 5.74) is -0.926. The molecule has 1 aliphatic heterocycles. The van der Waals surface area contributed by atoms with Gasteiger partial charge in [0.1, 0.15) is 5.76 Å². The topological polar surface area (TPSA) is 80.0 Å². The van der Waals surface area contributed by atoms with Gasteiger partial charge in [0.2, 0.25) is 0 Å². The fourth-order valence-electron chi connectivity index (χ4n) is 2.00. The molecule has 1 aromatic heterocycles. The number of aryl methyl sites for hydroxylation is 1. The molecule has 0 saturated carbocycles. The lowest BCUT2D eigenvalue weighted by molar-refractivity contribution is -0.171. The Balaban J connectivity index is 2.20. The summed E-state index contributed by atoms with van der Waals surface area (Å²) in [6.45, 7) is 3.74. The zero-order valence-corrected chi connectivity index (χ0v) is 12.2. The number of carboxylic acid groups (broad SMARTS) is 1. The number of ether oxygens (including phenoxy) is 1. The molecule has 0 bridgehead atoms. The highest BCUT2D eigenvalue weighted by molar-refractivity contribution is 9.10. The first-order chi connectivity index (χ1) is 8.83. The summed E-state index contributed by atoms with van der Waals surface area (Å²) in [7, 11) is 0. The fraction of sp³-hybridized carbons (Fsp3) is 0.500. The predicted octanol–water partition coefficient (Wildman–Crippen LogP) is 1.67. The Kier molecular flexibility index (Phi) is 3.69. The molecular formula is C12H14BrNO5. The molecule has 1 saturated heterocycles. The highest BCUT2D eigenvalue weighted by Crippen LogP contribution is 2.24. The molecule has 0 aliphatic carbocycles. The minimum absolute atomic E-state index is 0.0173. The molecule has 2 rings (SSSR count). The van der Waals surface area contributed by atoms with Gasteiger partial charge in [0.25, 0.3) is 5.91 Å². The summed E-state index contributed by atoms with van der Waals surface area (Å²) in [6, 6.07) is 1.59. The molecule has 104 valence electrons. The van der Waals surface area contributed by atoms with E-state index in [1.807, 2.05) is 0 Å². The van der Waals surface area contributed by atoms with Gasteiger partial charge in [0.05, 0.1) is 18.7 Å². The van der Waals surface area contributed by atoms with Gasteiger partial charge in [-0.3, -0.25) is 4.79 Å². The van der Waals surface area contributed by atoms with Crippen LogP contribution in [-0.4, -0.2) is 47.2 Å². The van der Waals surface area contributed by atoms with Gasteiger partial charge in [-0.05, 0) is 29.8 Å². The Morgan fingerprint density at radius 3 is 2.74 bits per heavy atom. The maximum absolute atomic E-state index is 12.3. The Morgan fingerprint density at radius 2 is 2.21 bits per heavy atom. The molecule has 6 nitrogen and oxygen atoms in total. The molecule has 7 heteroatoms. The van der Waals surface area contributed by atoms with E-state index in [0.29, 0.717) is 22.5 Å². The van der Waals surface area contributed by atoms with Crippen molar-refractivity contribution in [3.8, 4) is 0 Å². The number of nitrogens with zero attached hydrogens (tertiary/aromatic N) is 1. The Bertz CT molecular complexity index is 526. The molecule has 0 spiro atoms. The van der Waals surface area contributed by atoms with E-state index in [2.05, 4.69) is 15.9 Å². The average Bonchev–Trinajstić information content (AvgIpc) is 2.67. The lowest BCUT2D eigenvalue weighted by Gasteiger charge is -2.37. The van der Waals surface area contributed by atoms with Gasteiger partial charge >= 0.3 is 5.97 Å². The Labute approximate surface area is 118 Å². The number of morpholine rings is 1. The predicted molar refractivity (Wildman–Crippen MR) is 69.0 cm³/mol. The van der Waals surface area contributed by atoms with Crippen LogP contribution in [0.2, 0.25) is 0 Å². The van der Waals surface area contributed by atoms with Gasteiger partial charge in [-0.15, -0.1) is 0 Å². The number of carbonyl (C=O) groups excluding carboxylic acids is 1. The van der Waals surface area contributed by atoms with Crippen LogP contribution in [0.3, 0.4) is 0 Å². The monoisotopic (exact) mass is 331 g/mol. The molecule has 1 fully saturated rings. The molecule has 1 atom stereocenters. The lowest BCUT2D eigenvalue weighted by atomic mass is 10.0. The van der Waals surface area contributed by atoms with E-state index in [1.54, 1.807) is 13.0 Å². The van der Waals surface area contributed by atoms with Gasteiger partial charge in [-0.1, -0.05) is 0 Å². The quantitative estimate of drug-likeness (QED) is 0.891. The molecule has 19 heavy (non-hydrogen) atoms. The van der Waals surface area contributed by atoms with Crippen LogP contribution in [0.1, 0.15) is 23.0 Å². The third-order valence-electron chi connectivity index (χ3n) is 3.13. The van der Waals surface area contributed by atoms with Crippen molar-refractivity contribution in [2.24, 2.45) is 0 Å². The first kappa shape index (κ1) is 14.1. The number of hydrogen-bond donors (Lipinski definition) is 1. The van der Waals surface area contributed by atoms with Crippen molar-refractivity contribution in [2.75, 3.05) is 19.7 Å². The normalized spacial score (nSPS) is 23.4. The van der Waals surface area contributed by atoms with Crippen molar-refractivity contribution >= 4 is 27.8 Å². The van der Waals surface area contributed by atoms with Crippen molar-refractivity contribution in [1.29, 1.82) is 0 Å². The highest BCUT2D eigenvalue weighted by Gasteiger charge is 2.41. The van der Waals surface area contributed by atoms with Gasteiger partial charge in [0, 0.05) is 12.6 Å². The van der Waals surface area contributed by atoms with Crippen LogP contribution in [-0.2, 0) is 9.53 Å². The zero-order chi connectivity index (χ0) is 14.2. The summed E-state index contributed by atoms with van der Waals surface area (Å²) >= 11 is 3.16. The summed E-state index contributed by atoms with van der Waals surface area (Å²) in [5, 5.41) is 9.14. The van der Waals surface area contributed by atoms with E-state index < -0.39 is 11.6 Å². The molecule has 1 aromatic rings. The van der Waals surface area contributed by atoms with Crippen molar-refractivity contribution in [3.63, 3.8) is 0 Å². The number of furan rings is 1. The van der Waals surface area contributed by atoms with Crippen molar-refractivity contribution in [3.05, 3.63) is 22.1 Å². The second-order valence-electron chi connectivity index (χ2n) is 4.63. The third kappa shape index (κ3) is 2.66. The molecule has 0 aromatic carbocycles. The largest absolute Gasteiger partial charge is 0.479 e. The number of hydrogen-bond acceptors (Lipinski definition) is 4. The molecule has 1 amide bonds. The SMILES string of the molecule is Cc1oc(Br)cc1C(=O)N1CCOC(C)(C(=O)O)C1. The number of halogens is 1. The van der Waals surface area contributed by atoms with Crippen LogP contribution in [0.15, 0.2) is 15.2 Å². The smallest absolute Gasteiger partial charge is 0.337 e. The van der Waals surface area contributed by atoms with E-state index in [1.165, 1.54) is 11.8 Å². The molecule has 1 unspecified atom stereocenters. The minimum Gasteiger partial charge on any atom is -0.479 e. The third-order valence-corrected chi connectivity index (χ3v) is 3.52. The second kappa shape index (κ2) is 4.97. The number of carboxylic acids is 1. The van der Waals surface area contributed by atoms with Gasteiger partial charge < -0.3 is 19.2 Å². The first-order valence-electron chi connectivity index (χ1n) is 5.76. The number of rotatable bonds is 2. The van der Waals surface area contributed by atoms with Gasteiger partial charge in [0.15, 0.2) is 10.3 Å². The number of carbonyl (C=O) groups is 2. The highest BCUT2D eigenvalue weighted by atomic mass is 79.9. The molecular weight excluding hydrogens is 318 g/mol. The number of amides is 1. The van der Waals surface area contributed by atoms with Crippen LogP contribution in [0.25, 0.3) is 0 Å². The average molecular weight is 332 g/mol. The minimum atomic E-state index is -1.36. The van der Waals surface area contributed by atoms with Crippen LogP contribution < -0.4 is 0 Å². The maximum Gasteiger partial charge on any atom is 0.337 e. The molecule has 0 radical (unpaired) electrons. The first-order valence-corrected chi connectivity index (χ1v) is 6.55. The van der Waals surface area contributed by atoms with Crippen LogP contribution in [0.5, 0.6) is 0 Å². The molecule has 1 aliphatic rings. The van der Waals surface area contributed by atoms with Crippen LogP contribution >= 0.6 is 15.9 Å². The summed E-state index contributed by atoms with van der Waals surface area (Å²) < 4.78 is 11.0. The number of aliphatic carboxylic acids is 1. The second-order valence-corrected chi connectivity index (χ2v) is 5.41. The van der Waals surface area contributed by atoms with E-state index in [0.717, 1.165) is 0 Å². The van der Waals surface area contributed by atoms with E-state index in [9.17, 15) is 9.59 Å². The van der Waals surface area contributed by atoms with Gasteiger partial charge in [-0.25, -0.2) is 4.79 Å². The van der Waals surface area contributed by atoms with Crippen molar-refractivity contribution in [1.82, 2.24) is 4.90 Å². The van der Waals surface area contributed by atoms with Crippen molar-refractivity contribution in [2.45, 2.75) is 19.4 Å². The van der Waals surface area contributed by atoms with Crippen LogP contribution in [0.4, 0.5) is 0 Å². The molecule has 2 heterocycles. The van der Waals surface area contributed by atoms with E-state index in [4.69, 9.17) is 14.3 Å². The van der Waals surface area contributed by atoms with E-state index >= 15 is 0 Å². The van der Waals surface area contributed by atoms with E-state index in [-0.39, 0.29) is 19.1 Å². The Hall–Kier alpha value is -1.34. The Morgan fingerprint density at radius 1 is 1.53 bits per heavy atom. The maximum atomic E-state index is 12.3. The molecule has 1 N–H and O–H groups in total. The summed E-state index contributed by atoms with van der Waals surface area (Å²) in [5.74, 6) is -0.821. The van der Waals surface area contributed by atoms with Gasteiger partial charge in [-0.2, -0.15) is 0 Å². The standard InChI is InChI=1S/C12H14BrNO5/c1-7-8(5-9(13)19-7)10(15)14-3-4-18-12(2,6-14)11(16)17/h5H,3-4,6H2,1-2H3,(H,16,17). The zero-order valence-electron chi connectivity index (χ0n) is 10.6. The summed E-state index contributed by atoms with van der Waals surface area (Å²) in [6.07, 6.45) is 0. The van der Waals surface area contributed by atoms with Crippen LogP contribution in [0, 0.1) is 6.92 Å². The summed E-state index contributed by atoms with van der Waals surface area (Å²) in [4.78, 5) is 25.0. The fourth-order valence-corrected chi connectivity index (χ4v) is 2.47. The van der Waals surface area contributed by atoms with Crippen molar-refractivity contribution < 1.29 is 23.8 Å². The lowest BCUT2D eigenvalue weighted by Crippen LogP contribution is -2.56.